The van der Waals surface area contributed by atoms with Crippen molar-refractivity contribution in [2.45, 2.75) is 38.6 Å². The van der Waals surface area contributed by atoms with Gasteiger partial charge < -0.3 is 19.1 Å². The van der Waals surface area contributed by atoms with E-state index in [0.29, 0.717) is 25.4 Å². The number of carbonyl (C=O) groups is 2. The minimum Gasteiger partial charge on any atom is -0.497 e. The van der Waals surface area contributed by atoms with Gasteiger partial charge in [0.05, 0.1) is 13.2 Å². The van der Waals surface area contributed by atoms with Crippen LogP contribution in [-0.2, 0) is 32.0 Å². The zero-order chi connectivity index (χ0) is 23.4. The molecule has 3 heterocycles. The van der Waals surface area contributed by atoms with E-state index in [-0.39, 0.29) is 12.2 Å². The summed E-state index contributed by atoms with van der Waals surface area (Å²) < 4.78 is 30.0. The predicted molar refractivity (Wildman–Crippen MR) is 118 cm³/mol. The summed E-state index contributed by atoms with van der Waals surface area (Å²) >= 11 is 0. The molecule has 2 saturated heterocycles. The van der Waals surface area contributed by atoms with E-state index in [0.717, 1.165) is 23.4 Å². The molecule has 0 amide bonds. The molecule has 0 bridgehead atoms. The molecule has 1 atom stereocenters. The van der Waals surface area contributed by atoms with Gasteiger partial charge >= 0.3 is 11.9 Å². The van der Waals surface area contributed by atoms with Crippen molar-refractivity contribution in [3.63, 3.8) is 0 Å². The van der Waals surface area contributed by atoms with Gasteiger partial charge in [-0.2, -0.15) is 0 Å². The Labute approximate surface area is 192 Å². The fourth-order valence-electron chi connectivity index (χ4n) is 5.20. The number of methoxy groups -OCH3 is 1. The van der Waals surface area contributed by atoms with Gasteiger partial charge in [0, 0.05) is 58.2 Å². The summed E-state index contributed by atoms with van der Waals surface area (Å²) in [5, 5.41) is 0. The highest BCUT2D eigenvalue weighted by Gasteiger charge is 2.64. The summed E-state index contributed by atoms with van der Waals surface area (Å²) in [4.78, 5) is 31.2. The van der Waals surface area contributed by atoms with Gasteiger partial charge in [0.25, 0.3) is 5.79 Å². The van der Waals surface area contributed by atoms with Crippen LogP contribution in [0.5, 0.6) is 5.75 Å². The lowest BCUT2D eigenvalue weighted by Crippen LogP contribution is -2.70. The Kier molecular flexibility index (Phi) is 5.08. The van der Waals surface area contributed by atoms with E-state index in [1.807, 2.05) is 18.2 Å². The van der Waals surface area contributed by atoms with Crippen molar-refractivity contribution >= 4 is 17.6 Å². The maximum atomic E-state index is 13.5. The van der Waals surface area contributed by atoms with E-state index in [1.54, 1.807) is 33.1 Å². The molecule has 2 aromatic carbocycles. The number of hydrogen-bond acceptors (Lipinski definition) is 7. The zero-order valence-corrected chi connectivity index (χ0v) is 19.0. The van der Waals surface area contributed by atoms with Gasteiger partial charge in [0.15, 0.2) is 5.41 Å². The van der Waals surface area contributed by atoms with Gasteiger partial charge in [0.1, 0.15) is 11.6 Å². The number of anilines is 1. The highest BCUT2D eigenvalue weighted by molar-refractivity contribution is 6.04. The van der Waals surface area contributed by atoms with Gasteiger partial charge in [-0.25, -0.2) is 4.39 Å². The Balaban J connectivity index is 1.53. The van der Waals surface area contributed by atoms with Crippen molar-refractivity contribution < 1.29 is 28.2 Å². The van der Waals surface area contributed by atoms with Crippen LogP contribution in [0.3, 0.4) is 0 Å². The minimum atomic E-state index is -1.46. The molecule has 3 aliphatic rings. The van der Waals surface area contributed by atoms with E-state index in [4.69, 9.17) is 14.2 Å². The third-order valence-corrected chi connectivity index (χ3v) is 6.83. The molecule has 0 aliphatic carbocycles. The first-order valence-corrected chi connectivity index (χ1v) is 11.1. The van der Waals surface area contributed by atoms with E-state index in [2.05, 4.69) is 9.80 Å². The molecular weight excluding hydrogens is 427 g/mol. The molecule has 2 fully saturated rings. The lowest BCUT2D eigenvalue weighted by Gasteiger charge is -2.54. The number of fused-ring (bicyclic) bond motifs is 4. The molecule has 3 aliphatic heterocycles. The maximum absolute atomic E-state index is 13.5. The molecule has 5 rings (SSSR count). The summed E-state index contributed by atoms with van der Waals surface area (Å²) in [7, 11) is 1.61. The average molecular weight is 454 g/mol. The average Bonchev–Trinajstić information content (AvgIpc) is 2.78. The fraction of sp³-hybridized carbons (Fsp3) is 0.440. The number of cyclic esters (lactones) is 2. The molecule has 1 unspecified atom stereocenters. The minimum absolute atomic E-state index is 0.200. The number of halogens is 1. The number of piperazine rings is 1. The van der Waals surface area contributed by atoms with E-state index < -0.39 is 29.2 Å². The number of benzene rings is 2. The largest absolute Gasteiger partial charge is 0.497 e. The van der Waals surface area contributed by atoms with Crippen LogP contribution in [0.25, 0.3) is 0 Å². The quantitative estimate of drug-likeness (QED) is 0.522. The van der Waals surface area contributed by atoms with Crippen molar-refractivity contribution in [3.05, 3.63) is 59.4 Å². The van der Waals surface area contributed by atoms with Gasteiger partial charge in [-0.3, -0.25) is 14.5 Å². The summed E-state index contributed by atoms with van der Waals surface area (Å²) in [5.41, 5.74) is 1.34. The van der Waals surface area contributed by atoms with Gasteiger partial charge in [-0.1, -0.05) is 18.2 Å². The number of rotatable bonds is 3. The first kappa shape index (κ1) is 21.7. The second-order valence-corrected chi connectivity index (χ2v) is 9.39. The first-order chi connectivity index (χ1) is 15.7. The second kappa shape index (κ2) is 7.73. The highest BCUT2D eigenvalue weighted by Crippen LogP contribution is 2.48. The van der Waals surface area contributed by atoms with Crippen LogP contribution >= 0.6 is 0 Å². The monoisotopic (exact) mass is 454 g/mol. The van der Waals surface area contributed by atoms with Crippen molar-refractivity contribution in [2.24, 2.45) is 5.41 Å². The first-order valence-electron chi connectivity index (χ1n) is 11.1. The van der Waals surface area contributed by atoms with Crippen molar-refractivity contribution in [3.8, 4) is 5.75 Å². The summed E-state index contributed by atoms with van der Waals surface area (Å²) in [5.74, 6) is -1.97. The molecule has 1 spiro atoms. The number of esters is 2. The molecule has 174 valence electrons. The lowest BCUT2D eigenvalue weighted by molar-refractivity contribution is -0.253. The van der Waals surface area contributed by atoms with Gasteiger partial charge in [-0.05, 0) is 29.3 Å². The number of nitrogens with zero attached hydrogens (tertiary/aromatic N) is 2. The Morgan fingerprint density at radius 1 is 1.06 bits per heavy atom. The van der Waals surface area contributed by atoms with Gasteiger partial charge in [-0.15, -0.1) is 0 Å². The number of hydrogen-bond donors (Lipinski definition) is 0. The lowest BCUT2D eigenvalue weighted by atomic mass is 9.69. The molecule has 33 heavy (non-hydrogen) atoms. The van der Waals surface area contributed by atoms with Crippen molar-refractivity contribution in [2.75, 3.05) is 31.6 Å². The second-order valence-electron chi connectivity index (χ2n) is 9.39. The Morgan fingerprint density at radius 3 is 2.42 bits per heavy atom. The number of ether oxygens (including phenoxy) is 3. The molecule has 2 aromatic rings. The highest BCUT2D eigenvalue weighted by atomic mass is 19.1. The Bertz CT molecular complexity index is 1080. The van der Waals surface area contributed by atoms with E-state index in [1.165, 1.54) is 12.1 Å². The van der Waals surface area contributed by atoms with Crippen LogP contribution in [0.15, 0.2) is 42.5 Å². The van der Waals surface area contributed by atoms with E-state index in [9.17, 15) is 14.0 Å². The Hall–Kier alpha value is -3.13. The van der Waals surface area contributed by atoms with Crippen LogP contribution in [0.2, 0.25) is 0 Å². The third kappa shape index (κ3) is 3.62. The molecule has 0 N–H and O–H groups in total. The van der Waals surface area contributed by atoms with Crippen LogP contribution in [-0.4, -0.2) is 55.4 Å². The topological polar surface area (TPSA) is 68.3 Å². The Morgan fingerprint density at radius 2 is 1.76 bits per heavy atom. The summed E-state index contributed by atoms with van der Waals surface area (Å²) in [6.07, 6.45) is 0.200. The molecule has 7 nitrogen and oxygen atoms in total. The van der Waals surface area contributed by atoms with E-state index >= 15 is 0 Å². The van der Waals surface area contributed by atoms with Crippen LogP contribution in [0.1, 0.15) is 25.0 Å². The standard InChI is InChI=1S/C25H27FN2O5/c1-24(2)32-22(29)25(23(30)33-24)13-17-6-9-19(31-3)12-20(17)28-11-10-27(15-21(25)28)14-16-4-7-18(26)8-5-16/h4-9,12,21H,10-11,13-15H2,1-3H3. The van der Waals surface area contributed by atoms with Crippen LogP contribution < -0.4 is 9.64 Å². The molecule has 0 radical (unpaired) electrons. The normalized spacial score (nSPS) is 23.4. The zero-order valence-electron chi connectivity index (χ0n) is 19.0. The third-order valence-electron chi connectivity index (χ3n) is 6.83. The molecule has 0 aromatic heterocycles. The summed E-state index contributed by atoms with van der Waals surface area (Å²) in [6, 6.07) is 11.6. The summed E-state index contributed by atoms with van der Waals surface area (Å²) in [6.45, 7) is 5.50. The predicted octanol–water partition coefficient (Wildman–Crippen LogP) is 2.90. The fourth-order valence-corrected chi connectivity index (χ4v) is 5.20. The smallest absolute Gasteiger partial charge is 0.329 e. The van der Waals surface area contributed by atoms with Crippen molar-refractivity contribution in [1.29, 1.82) is 0 Å². The molecule has 0 saturated carbocycles. The SMILES string of the molecule is COc1ccc2c(c1)N1CCN(Cc3ccc(F)cc3)CC1C1(C2)C(=O)OC(C)(C)OC1=O. The van der Waals surface area contributed by atoms with Crippen LogP contribution in [0.4, 0.5) is 10.1 Å². The van der Waals surface area contributed by atoms with Crippen LogP contribution in [0, 0.1) is 11.2 Å². The molecular formula is C25H27FN2O5. The van der Waals surface area contributed by atoms with Crippen molar-refractivity contribution in [1.82, 2.24) is 4.90 Å². The number of carbonyl (C=O) groups excluding carboxylic acids is 2. The molecule has 8 heteroatoms. The maximum Gasteiger partial charge on any atom is 0.329 e. The van der Waals surface area contributed by atoms with Gasteiger partial charge in [0.2, 0.25) is 0 Å².